The average Bonchev–Trinajstić information content (AvgIpc) is 2.33. The Hall–Kier alpha value is -0.410. The monoisotopic (exact) mass is 259 g/mol. The van der Waals surface area contributed by atoms with Crippen LogP contribution in [0.5, 0.6) is 0 Å². The summed E-state index contributed by atoms with van der Waals surface area (Å²) in [5.74, 6) is 0. The molecule has 0 aliphatic rings. The van der Waals surface area contributed by atoms with Gasteiger partial charge in [-0.05, 0) is 40.2 Å². The molecule has 0 radical (unpaired) electrons. The van der Waals surface area contributed by atoms with Crippen molar-refractivity contribution in [2.45, 2.75) is 77.7 Å². The largest absolute Gasteiger partial charge is 0.379 e. The van der Waals surface area contributed by atoms with Crippen LogP contribution in [0.4, 0.5) is 0 Å². The van der Waals surface area contributed by atoms with Crippen LogP contribution in [-0.4, -0.2) is 25.5 Å². The number of rotatable bonds is 9. The second-order valence-corrected chi connectivity index (χ2v) is 5.54. The highest BCUT2D eigenvalue weighted by atomic mass is 16.5. The van der Waals surface area contributed by atoms with Crippen LogP contribution in [0.3, 0.4) is 0 Å². The van der Waals surface area contributed by atoms with E-state index in [1.54, 1.807) is 7.11 Å². The van der Waals surface area contributed by atoms with Crippen molar-refractivity contribution < 1.29 is 9.53 Å². The zero-order valence-electron chi connectivity index (χ0n) is 12.8. The van der Waals surface area contributed by atoms with Crippen LogP contribution in [0.1, 0.15) is 72.1 Å². The van der Waals surface area contributed by atoms with Crippen LogP contribution in [-0.2, 0) is 9.53 Å². The molecule has 0 rings (SSSR count). The summed E-state index contributed by atoms with van der Waals surface area (Å²) < 4.78 is 4.94. The molecule has 0 aromatic carbocycles. The highest BCUT2D eigenvalue weighted by Gasteiger charge is 2.04. The fourth-order valence-corrected chi connectivity index (χ4v) is 1.26. The molecule has 18 heavy (non-hydrogen) atoms. The Morgan fingerprint density at radius 2 is 1.33 bits per heavy atom. The van der Waals surface area contributed by atoms with E-state index in [9.17, 15) is 4.79 Å². The first-order valence-corrected chi connectivity index (χ1v) is 7.16. The summed E-state index contributed by atoms with van der Waals surface area (Å²) in [6.45, 7) is 6.89. The molecule has 0 aromatic heterocycles. The molecular formula is C15H33NO2. The molecule has 3 heteroatoms. The summed E-state index contributed by atoms with van der Waals surface area (Å²) in [5.41, 5.74) is 5.41. The Balaban J connectivity index is 0. The number of hydrogen-bond acceptors (Lipinski definition) is 3. The molecule has 0 atom stereocenters. The lowest BCUT2D eigenvalue weighted by Crippen LogP contribution is -2.15. The molecule has 0 aliphatic carbocycles. The highest BCUT2D eigenvalue weighted by molar-refractivity contribution is 5.48. The topological polar surface area (TPSA) is 52.3 Å². The van der Waals surface area contributed by atoms with E-state index < -0.39 is 0 Å². The van der Waals surface area contributed by atoms with Gasteiger partial charge < -0.3 is 15.3 Å². The maximum atomic E-state index is 9.97. The predicted octanol–water partition coefficient (Wildman–Crippen LogP) is 3.70. The third-order valence-electron chi connectivity index (χ3n) is 2.64. The Bertz CT molecular complexity index is 164. The number of carbonyl (C=O) groups is 1. The zero-order chi connectivity index (χ0) is 14.3. The van der Waals surface area contributed by atoms with Crippen LogP contribution in [0, 0.1) is 0 Å². The Kier molecular flexibility index (Phi) is 16.2. The van der Waals surface area contributed by atoms with E-state index in [0.29, 0.717) is 0 Å². The summed E-state index contributed by atoms with van der Waals surface area (Å²) in [7, 11) is 1.71. The second kappa shape index (κ2) is 14.7. The van der Waals surface area contributed by atoms with Gasteiger partial charge in [-0.2, -0.15) is 0 Å². The summed E-state index contributed by atoms with van der Waals surface area (Å²) >= 11 is 0. The van der Waals surface area contributed by atoms with E-state index in [2.05, 4.69) is 0 Å². The smallest absolute Gasteiger partial charge is 0.119 e. The number of aldehydes is 1. The molecule has 0 amide bonds. The standard InChI is InChI=1S/C10H21NO.C5H12O/c11-9-7-5-3-1-2-4-6-8-10-12;1-5(2,3)6-4/h10H,1-9,11H2;1-4H3. The Morgan fingerprint density at radius 3 is 1.67 bits per heavy atom. The van der Waals surface area contributed by atoms with Gasteiger partial charge >= 0.3 is 0 Å². The molecular weight excluding hydrogens is 226 g/mol. The number of ether oxygens (including phenoxy) is 1. The minimum absolute atomic E-state index is 0.0417. The summed E-state index contributed by atoms with van der Waals surface area (Å²) in [4.78, 5) is 9.97. The van der Waals surface area contributed by atoms with Crippen LogP contribution in [0.25, 0.3) is 0 Å². The second-order valence-electron chi connectivity index (χ2n) is 5.54. The highest BCUT2D eigenvalue weighted by Crippen LogP contribution is 2.07. The van der Waals surface area contributed by atoms with E-state index in [1.165, 1.54) is 32.1 Å². The maximum absolute atomic E-state index is 9.97. The van der Waals surface area contributed by atoms with Crippen molar-refractivity contribution in [2.75, 3.05) is 13.7 Å². The molecule has 0 saturated carbocycles. The molecule has 0 aliphatic heterocycles. The minimum Gasteiger partial charge on any atom is -0.379 e. The molecule has 0 bridgehead atoms. The minimum atomic E-state index is 0.0417. The van der Waals surface area contributed by atoms with Crippen molar-refractivity contribution in [3.63, 3.8) is 0 Å². The van der Waals surface area contributed by atoms with Crippen molar-refractivity contribution in [3.8, 4) is 0 Å². The first kappa shape index (κ1) is 19.9. The molecule has 0 unspecified atom stereocenters. The van der Waals surface area contributed by atoms with E-state index in [1.807, 2.05) is 20.8 Å². The molecule has 0 spiro atoms. The third kappa shape index (κ3) is 24.7. The van der Waals surface area contributed by atoms with Crippen LogP contribution in [0.15, 0.2) is 0 Å². The average molecular weight is 259 g/mol. The first-order chi connectivity index (χ1) is 8.47. The van der Waals surface area contributed by atoms with Crippen LogP contribution in [0.2, 0.25) is 0 Å². The van der Waals surface area contributed by atoms with Gasteiger partial charge in [-0.25, -0.2) is 0 Å². The van der Waals surface area contributed by atoms with Gasteiger partial charge in [-0.15, -0.1) is 0 Å². The number of nitrogens with two attached hydrogens (primary N) is 1. The fraction of sp³-hybridized carbons (Fsp3) is 0.933. The van der Waals surface area contributed by atoms with Gasteiger partial charge in [0.15, 0.2) is 0 Å². The van der Waals surface area contributed by atoms with Gasteiger partial charge in [0.05, 0.1) is 5.60 Å². The molecule has 0 heterocycles. The van der Waals surface area contributed by atoms with Gasteiger partial charge in [0.25, 0.3) is 0 Å². The fourth-order valence-electron chi connectivity index (χ4n) is 1.26. The summed E-state index contributed by atoms with van der Waals surface area (Å²) in [6, 6.07) is 0. The summed E-state index contributed by atoms with van der Waals surface area (Å²) in [5, 5.41) is 0. The Labute approximate surface area is 113 Å². The van der Waals surface area contributed by atoms with Crippen LogP contribution < -0.4 is 5.73 Å². The third-order valence-corrected chi connectivity index (χ3v) is 2.64. The van der Waals surface area contributed by atoms with Gasteiger partial charge in [0, 0.05) is 13.5 Å². The van der Waals surface area contributed by atoms with E-state index in [4.69, 9.17) is 10.5 Å². The molecule has 110 valence electrons. The zero-order valence-corrected chi connectivity index (χ0v) is 12.8. The normalized spacial score (nSPS) is 10.7. The van der Waals surface area contributed by atoms with Crippen LogP contribution >= 0.6 is 0 Å². The summed E-state index contributed by atoms with van der Waals surface area (Å²) in [6.07, 6.45) is 10.3. The van der Waals surface area contributed by atoms with Gasteiger partial charge in [-0.1, -0.05) is 32.1 Å². The Morgan fingerprint density at radius 1 is 0.944 bits per heavy atom. The van der Waals surface area contributed by atoms with Gasteiger partial charge in [0.1, 0.15) is 6.29 Å². The molecule has 2 N–H and O–H groups in total. The van der Waals surface area contributed by atoms with Crippen molar-refractivity contribution in [1.82, 2.24) is 0 Å². The quantitative estimate of drug-likeness (QED) is 0.507. The van der Waals surface area contributed by atoms with Crippen molar-refractivity contribution in [2.24, 2.45) is 5.73 Å². The van der Waals surface area contributed by atoms with E-state index in [0.717, 1.165) is 32.1 Å². The van der Waals surface area contributed by atoms with E-state index >= 15 is 0 Å². The lowest BCUT2D eigenvalue weighted by Gasteiger charge is -2.14. The molecule has 0 saturated heterocycles. The van der Waals surface area contributed by atoms with Gasteiger partial charge in [0.2, 0.25) is 0 Å². The van der Waals surface area contributed by atoms with E-state index in [-0.39, 0.29) is 5.60 Å². The lowest BCUT2D eigenvalue weighted by atomic mass is 10.1. The van der Waals surface area contributed by atoms with Crippen molar-refractivity contribution in [3.05, 3.63) is 0 Å². The first-order valence-electron chi connectivity index (χ1n) is 7.16. The SMILES string of the molecule is COC(C)(C)C.NCCCCCCCCCC=O. The predicted molar refractivity (Wildman–Crippen MR) is 78.8 cm³/mol. The number of hydrogen-bond donors (Lipinski definition) is 1. The molecule has 0 aromatic rings. The van der Waals surface area contributed by atoms with Crippen molar-refractivity contribution >= 4 is 6.29 Å². The lowest BCUT2D eigenvalue weighted by molar-refractivity contribution is -0.107. The number of carbonyl (C=O) groups excluding carboxylic acids is 1. The number of unbranched alkanes of at least 4 members (excludes halogenated alkanes) is 7. The molecule has 0 fully saturated rings. The van der Waals surface area contributed by atoms with Gasteiger partial charge in [-0.3, -0.25) is 0 Å². The number of methoxy groups -OCH3 is 1. The van der Waals surface area contributed by atoms with Crippen molar-refractivity contribution in [1.29, 1.82) is 0 Å². The maximum Gasteiger partial charge on any atom is 0.119 e. The molecule has 3 nitrogen and oxygen atoms in total.